The molecule has 2 aromatic rings. The molecule has 1 aliphatic carbocycles. The summed E-state index contributed by atoms with van der Waals surface area (Å²) in [6.45, 7) is 2.78. The highest BCUT2D eigenvalue weighted by atomic mass is 19.2. The maximum Gasteiger partial charge on any atom is 0.201 e. The first-order valence-electron chi connectivity index (χ1n) is 10.6. The topological polar surface area (TPSA) is 18.5 Å². The Kier molecular flexibility index (Phi) is 7.75. The van der Waals surface area contributed by atoms with Crippen LogP contribution in [0.3, 0.4) is 0 Å². The third kappa shape index (κ3) is 4.80. The Morgan fingerprint density at radius 1 is 0.800 bits per heavy atom. The van der Waals surface area contributed by atoms with Gasteiger partial charge in [-0.1, -0.05) is 19.1 Å². The van der Waals surface area contributed by atoms with Crippen LogP contribution in [-0.2, 0) is 4.74 Å². The first-order chi connectivity index (χ1) is 14.5. The zero-order valence-electron chi connectivity index (χ0n) is 17.4. The SMILES string of the molecule is CCCOc1ccc(-c2ccc(C3CCC(CCOC)CC3)c(F)c2F)c(F)c1F. The van der Waals surface area contributed by atoms with Crippen LogP contribution in [0.4, 0.5) is 17.6 Å². The monoisotopic (exact) mass is 424 g/mol. The van der Waals surface area contributed by atoms with Crippen molar-refractivity contribution in [2.45, 2.75) is 51.4 Å². The largest absolute Gasteiger partial charge is 0.490 e. The molecule has 0 unspecified atom stereocenters. The van der Waals surface area contributed by atoms with Gasteiger partial charge in [-0.05, 0) is 68.1 Å². The van der Waals surface area contributed by atoms with E-state index in [2.05, 4.69) is 0 Å². The number of hydrogen-bond donors (Lipinski definition) is 0. The van der Waals surface area contributed by atoms with E-state index in [0.29, 0.717) is 24.5 Å². The fraction of sp³-hybridized carbons (Fsp3) is 0.500. The van der Waals surface area contributed by atoms with Crippen LogP contribution >= 0.6 is 0 Å². The molecule has 0 N–H and O–H groups in total. The fourth-order valence-electron chi connectivity index (χ4n) is 4.20. The summed E-state index contributed by atoms with van der Waals surface area (Å²) < 4.78 is 68.8. The summed E-state index contributed by atoms with van der Waals surface area (Å²) in [5.74, 6) is -4.32. The molecule has 164 valence electrons. The van der Waals surface area contributed by atoms with Crippen LogP contribution in [0.5, 0.6) is 5.75 Å². The van der Waals surface area contributed by atoms with E-state index < -0.39 is 23.3 Å². The summed E-state index contributed by atoms with van der Waals surface area (Å²) in [6, 6.07) is 5.32. The van der Waals surface area contributed by atoms with E-state index in [1.54, 1.807) is 7.11 Å². The predicted molar refractivity (Wildman–Crippen MR) is 109 cm³/mol. The first kappa shape index (κ1) is 22.6. The van der Waals surface area contributed by atoms with Gasteiger partial charge in [-0.15, -0.1) is 0 Å². The minimum Gasteiger partial charge on any atom is -0.490 e. The first-order valence-corrected chi connectivity index (χ1v) is 10.6. The van der Waals surface area contributed by atoms with Crippen LogP contribution in [-0.4, -0.2) is 20.3 Å². The van der Waals surface area contributed by atoms with Gasteiger partial charge in [-0.25, -0.2) is 13.2 Å². The van der Waals surface area contributed by atoms with Crippen LogP contribution < -0.4 is 4.74 Å². The molecule has 1 fully saturated rings. The van der Waals surface area contributed by atoms with Crippen molar-refractivity contribution in [2.75, 3.05) is 20.3 Å². The minimum absolute atomic E-state index is 0.0706. The summed E-state index contributed by atoms with van der Waals surface area (Å²) in [6.07, 6.45) is 5.04. The van der Waals surface area contributed by atoms with Gasteiger partial charge in [0.1, 0.15) is 0 Å². The zero-order chi connectivity index (χ0) is 21.7. The predicted octanol–water partition coefficient (Wildman–Crippen LogP) is 7.01. The van der Waals surface area contributed by atoms with Crippen molar-refractivity contribution in [2.24, 2.45) is 5.92 Å². The fourth-order valence-corrected chi connectivity index (χ4v) is 4.20. The molecule has 0 bridgehead atoms. The molecular formula is C24H28F4O2. The van der Waals surface area contributed by atoms with Crippen LogP contribution in [0, 0.1) is 29.2 Å². The molecule has 30 heavy (non-hydrogen) atoms. The number of ether oxygens (including phenoxy) is 2. The Balaban J connectivity index is 1.81. The van der Waals surface area contributed by atoms with Gasteiger partial charge >= 0.3 is 0 Å². The number of methoxy groups -OCH3 is 1. The van der Waals surface area contributed by atoms with Crippen molar-refractivity contribution in [3.8, 4) is 16.9 Å². The molecule has 6 heteroatoms. The van der Waals surface area contributed by atoms with Crippen LogP contribution in [0.1, 0.15) is 56.9 Å². The number of hydrogen-bond acceptors (Lipinski definition) is 2. The molecule has 2 aromatic carbocycles. The normalized spacial score (nSPS) is 19.1. The van der Waals surface area contributed by atoms with Crippen molar-refractivity contribution in [1.29, 1.82) is 0 Å². The lowest BCUT2D eigenvalue weighted by Crippen LogP contribution is -2.16. The van der Waals surface area contributed by atoms with Gasteiger partial charge in [-0.3, -0.25) is 0 Å². The van der Waals surface area contributed by atoms with E-state index >= 15 is 0 Å². The van der Waals surface area contributed by atoms with E-state index in [-0.39, 0.29) is 29.4 Å². The van der Waals surface area contributed by atoms with Crippen LogP contribution in [0.2, 0.25) is 0 Å². The molecule has 0 aliphatic heterocycles. The maximum atomic E-state index is 14.9. The Hall–Kier alpha value is -2.08. The van der Waals surface area contributed by atoms with Crippen molar-refractivity contribution in [3.05, 3.63) is 53.1 Å². The zero-order valence-corrected chi connectivity index (χ0v) is 17.4. The lowest BCUT2D eigenvalue weighted by Gasteiger charge is -2.29. The van der Waals surface area contributed by atoms with Crippen molar-refractivity contribution in [1.82, 2.24) is 0 Å². The Labute approximate surface area is 175 Å². The average Bonchev–Trinajstić information content (AvgIpc) is 2.76. The third-order valence-corrected chi connectivity index (χ3v) is 5.93. The molecule has 0 radical (unpaired) electrons. The van der Waals surface area contributed by atoms with Gasteiger partial charge in [0.05, 0.1) is 6.61 Å². The third-order valence-electron chi connectivity index (χ3n) is 5.93. The second-order valence-electron chi connectivity index (χ2n) is 7.92. The van der Waals surface area contributed by atoms with E-state index in [9.17, 15) is 17.6 Å². The van der Waals surface area contributed by atoms with Crippen molar-refractivity contribution in [3.63, 3.8) is 0 Å². The van der Waals surface area contributed by atoms with Gasteiger partial charge in [0.25, 0.3) is 0 Å². The second-order valence-corrected chi connectivity index (χ2v) is 7.92. The van der Waals surface area contributed by atoms with Gasteiger partial charge < -0.3 is 9.47 Å². The van der Waals surface area contributed by atoms with Gasteiger partial charge in [-0.2, -0.15) is 4.39 Å². The van der Waals surface area contributed by atoms with E-state index in [0.717, 1.165) is 32.1 Å². The molecule has 1 aliphatic rings. The highest BCUT2D eigenvalue weighted by molar-refractivity contribution is 5.66. The lowest BCUT2D eigenvalue weighted by atomic mass is 9.77. The quantitative estimate of drug-likeness (QED) is 0.425. The number of benzene rings is 2. The maximum absolute atomic E-state index is 14.9. The van der Waals surface area contributed by atoms with Crippen molar-refractivity contribution >= 4 is 0 Å². The molecule has 1 saturated carbocycles. The van der Waals surface area contributed by atoms with Gasteiger partial charge in [0.15, 0.2) is 23.2 Å². The highest BCUT2D eigenvalue weighted by Gasteiger charge is 2.27. The molecule has 0 heterocycles. The molecule has 3 rings (SSSR count). The summed E-state index contributed by atoms with van der Waals surface area (Å²) >= 11 is 0. The van der Waals surface area contributed by atoms with Gasteiger partial charge in [0.2, 0.25) is 5.82 Å². The summed E-state index contributed by atoms with van der Waals surface area (Å²) in [7, 11) is 1.67. The highest BCUT2D eigenvalue weighted by Crippen LogP contribution is 2.40. The van der Waals surface area contributed by atoms with Crippen LogP contribution in [0.25, 0.3) is 11.1 Å². The van der Waals surface area contributed by atoms with Crippen molar-refractivity contribution < 1.29 is 27.0 Å². The minimum atomic E-state index is -1.24. The summed E-state index contributed by atoms with van der Waals surface area (Å²) in [4.78, 5) is 0. The molecule has 0 atom stereocenters. The second kappa shape index (κ2) is 10.3. The Morgan fingerprint density at radius 3 is 2.07 bits per heavy atom. The average molecular weight is 424 g/mol. The molecular weight excluding hydrogens is 396 g/mol. The molecule has 0 aromatic heterocycles. The Bertz CT molecular complexity index is 861. The summed E-state index contributed by atoms with van der Waals surface area (Å²) in [5.41, 5.74) is -0.295. The molecule has 0 amide bonds. The van der Waals surface area contributed by atoms with Crippen LogP contribution in [0.15, 0.2) is 24.3 Å². The van der Waals surface area contributed by atoms with E-state index in [1.807, 2.05) is 6.92 Å². The van der Waals surface area contributed by atoms with Gasteiger partial charge in [0, 0.05) is 24.8 Å². The molecule has 0 saturated heterocycles. The molecule has 0 spiro atoms. The number of halogens is 4. The Morgan fingerprint density at radius 2 is 1.43 bits per heavy atom. The van der Waals surface area contributed by atoms with E-state index in [1.165, 1.54) is 24.3 Å². The van der Waals surface area contributed by atoms with E-state index in [4.69, 9.17) is 9.47 Å². The summed E-state index contributed by atoms with van der Waals surface area (Å²) in [5, 5.41) is 0. The lowest BCUT2D eigenvalue weighted by molar-refractivity contribution is 0.162. The molecule has 2 nitrogen and oxygen atoms in total. The smallest absolute Gasteiger partial charge is 0.201 e. The standard InChI is InChI=1S/C24H28F4O2/c1-3-13-30-20-11-10-19(23(27)24(20)28)18-9-8-17(21(25)22(18)26)16-6-4-15(5-7-16)12-14-29-2/h8-11,15-16H,3-7,12-14H2,1-2H3. The number of rotatable bonds is 8.